The van der Waals surface area contributed by atoms with Crippen LogP contribution in [0.4, 0.5) is 4.39 Å². The van der Waals surface area contributed by atoms with Gasteiger partial charge in [-0.3, -0.25) is 9.89 Å². The van der Waals surface area contributed by atoms with Crippen LogP contribution in [0, 0.1) is 19.7 Å². The van der Waals surface area contributed by atoms with Gasteiger partial charge in [-0.05, 0) is 44.2 Å². The molecule has 0 fully saturated rings. The van der Waals surface area contributed by atoms with Gasteiger partial charge >= 0.3 is 0 Å². The number of halogens is 1. The highest BCUT2D eigenvalue weighted by Gasteiger charge is 2.12. The van der Waals surface area contributed by atoms with E-state index in [1.165, 1.54) is 12.1 Å². The van der Waals surface area contributed by atoms with Gasteiger partial charge < -0.3 is 5.32 Å². The minimum absolute atomic E-state index is 0.240. The first-order chi connectivity index (χ1) is 11.0. The predicted octanol–water partition coefficient (Wildman–Crippen LogP) is 3.22. The Morgan fingerprint density at radius 2 is 2.04 bits per heavy atom. The van der Waals surface area contributed by atoms with E-state index in [0.29, 0.717) is 17.9 Å². The third kappa shape index (κ3) is 3.45. The first kappa shape index (κ1) is 15.4. The molecule has 0 aliphatic carbocycles. The van der Waals surface area contributed by atoms with Crippen LogP contribution in [0.15, 0.2) is 30.3 Å². The van der Waals surface area contributed by atoms with Crippen molar-refractivity contribution in [1.82, 2.24) is 20.5 Å². The van der Waals surface area contributed by atoms with Gasteiger partial charge in [0.1, 0.15) is 11.5 Å². The van der Waals surface area contributed by atoms with Gasteiger partial charge in [-0.1, -0.05) is 0 Å². The molecule has 1 aromatic carbocycles. The molecule has 0 bridgehead atoms. The Bertz CT molecular complexity index is 838. The lowest BCUT2D eigenvalue weighted by Gasteiger charge is -2.01. The van der Waals surface area contributed by atoms with Crippen LogP contribution in [0.5, 0.6) is 0 Å². The lowest BCUT2D eigenvalue weighted by molar-refractivity contribution is 0.0946. The van der Waals surface area contributed by atoms with E-state index in [-0.39, 0.29) is 11.7 Å². The molecule has 2 N–H and O–H groups in total. The number of hydrogen-bond donors (Lipinski definition) is 2. The van der Waals surface area contributed by atoms with E-state index < -0.39 is 0 Å². The summed E-state index contributed by atoms with van der Waals surface area (Å²) in [4.78, 5) is 17.5. The summed E-state index contributed by atoms with van der Waals surface area (Å²) < 4.78 is 12.9. The van der Waals surface area contributed by atoms with Gasteiger partial charge in [-0.15, -0.1) is 11.3 Å². The van der Waals surface area contributed by atoms with Crippen molar-refractivity contribution in [3.63, 3.8) is 0 Å². The normalized spacial score (nSPS) is 10.7. The maximum Gasteiger partial charge on any atom is 0.269 e. The Balaban J connectivity index is 1.69. The Morgan fingerprint density at radius 3 is 2.70 bits per heavy atom. The fourth-order valence-corrected chi connectivity index (χ4v) is 3.08. The van der Waals surface area contributed by atoms with Gasteiger partial charge in [0, 0.05) is 10.4 Å². The van der Waals surface area contributed by atoms with E-state index in [4.69, 9.17) is 0 Å². The summed E-state index contributed by atoms with van der Waals surface area (Å²) in [6.07, 6.45) is 0. The second-order valence-electron chi connectivity index (χ2n) is 5.10. The molecule has 2 aromatic heterocycles. The molecule has 0 aliphatic rings. The number of aromatic nitrogens is 3. The summed E-state index contributed by atoms with van der Waals surface area (Å²) in [7, 11) is 0. The second-order valence-corrected chi connectivity index (χ2v) is 6.39. The van der Waals surface area contributed by atoms with Crippen LogP contribution in [0.2, 0.25) is 0 Å². The molecule has 3 aromatic rings. The van der Waals surface area contributed by atoms with Gasteiger partial charge in [0.25, 0.3) is 5.91 Å². The van der Waals surface area contributed by atoms with E-state index >= 15 is 0 Å². The SMILES string of the molecule is Cc1nc(C)c(CNC(=O)c2cc(-c3ccc(F)cc3)n[nH]2)s1. The Morgan fingerprint density at radius 1 is 1.30 bits per heavy atom. The summed E-state index contributed by atoms with van der Waals surface area (Å²) in [5, 5.41) is 10.6. The van der Waals surface area contributed by atoms with Crippen molar-refractivity contribution in [2.45, 2.75) is 20.4 Å². The average Bonchev–Trinajstić information content (AvgIpc) is 3.12. The van der Waals surface area contributed by atoms with Crippen molar-refractivity contribution >= 4 is 17.2 Å². The number of H-pyrrole nitrogens is 1. The topological polar surface area (TPSA) is 70.7 Å². The van der Waals surface area contributed by atoms with Crippen LogP contribution in [0.3, 0.4) is 0 Å². The molecule has 0 saturated heterocycles. The molecule has 5 nitrogen and oxygen atoms in total. The highest BCUT2D eigenvalue weighted by Crippen LogP contribution is 2.19. The van der Waals surface area contributed by atoms with Gasteiger partial charge in [0.2, 0.25) is 0 Å². The highest BCUT2D eigenvalue weighted by atomic mass is 32.1. The molecule has 0 unspecified atom stereocenters. The van der Waals surface area contributed by atoms with Crippen LogP contribution in [0.25, 0.3) is 11.3 Å². The zero-order valence-electron chi connectivity index (χ0n) is 12.7. The van der Waals surface area contributed by atoms with E-state index in [1.807, 2.05) is 13.8 Å². The number of nitrogens with zero attached hydrogens (tertiary/aromatic N) is 2. The number of hydrogen-bond acceptors (Lipinski definition) is 4. The monoisotopic (exact) mass is 330 g/mol. The fraction of sp³-hybridized carbons (Fsp3) is 0.188. The minimum atomic E-state index is -0.308. The molecule has 7 heteroatoms. The van der Waals surface area contributed by atoms with Crippen LogP contribution < -0.4 is 5.32 Å². The number of rotatable bonds is 4. The van der Waals surface area contributed by atoms with Crippen LogP contribution in [-0.4, -0.2) is 21.1 Å². The molecule has 23 heavy (non-hydrogen) atoms. The molecule has 118 valence electrons. The Labute approximate surface area is 136 Å². The second kappa shape index (κ2) is 6.29. The lowest BCUT2D eigenvalue weighted by Crippen LogP contribution is -2.23. The summed E-state index contributed by atoms with van der Waals surface area (Å²) in [6.45, 7) is 4.29. The van der Waals surface area contributed by atoms with Crippen molar-refractivity contribution in [2.24, 2.45) is 0 Å². The first-order valence-corrected chi connectivity index (χ1v) is 7.87. The standard InChI is InChI=1S/C16H15FN4OS/c1-9-15(23-10(2)19-9)8-18-16(22)14-7-13(20-21-14)11-3-5-12(17)6-4-11/h3-7H,8H2,1-2H3,(H,18,22)(H,20,21). The zero-order valence-corrected chi connectivity index (χ0v) is 13.5. The molecule has 2 heterocycles. The van der Waals surface area contributed by atoms with Crippen molar-refractivity contribution in [2.75, 3.05) is 0 Å². The maximum absolute atomic E-state index is 12.9. The van der Waals surface area contributed by atoms with E-state index in [1.54, 1.807) is 29.5 Å². The average molecular weight is 330 g/mol. The number of benzene rings is 1. The van der Waals surface area contributed by atoms with Crippen molar-refractivity contribution in [1.29, 1.82) is 0 Å². The molecule has 0 atom stereocenters. The van der Waals surface area contributed by atoms with Crippen LogP contribution in [0.1, 0.15) is 26.1 Å². The number of amides is 1. The molecule has 0 spiro atoms. The van der Waals surface area contributed by atoms with E-state index in [2.05, 4.69) is 20.5 Å². The number of thiazole rings is 1. The number of nitrogens with one attached hydrogen (secondary N) is 2. The summed E-state index contributed by atoms with van der Waals surface area (Å²) in [5.74, 6) is -0.547. The quantitative estimate of drug-likeness (QED) is 0.771. The van der Waals surface area contributed by atoms with Crippen molar-refractivity contribution in [3.05, 3.63) is 57.4 Å². The van der Waals surface area contributed by atoms with Gasteiger partial charge in [-0.25, -0.2) is 9.37 Å². The molecule has 0 aliphatic heterocycles. The minimum Gasteiger partial charge on any atom is -0.346 e. The molecule has 1 amide bonds. The summed E-state index contributed by atoms with van der Waals surface area (Å²) in [5.41, 5.74) is 2.64. The van der Waals surface area contributed by atoms with Crippen LogP contribution >= 0.6 is 11.3 Å². The lowest BCUT2D eigenvalue weighted by atomic mass is 10.1. The fourth-order valence-electron chi connectivity index (χ4n) is 2.20. The molecule has 0 radical (unpaired) electrons. The third-order valence-corrected chi connectivity index (χ3v) is 4.44. The maximum atomic E-state index is 12.9. The van der Waals surface area contributed by atoms with Gasteiger partial charge in [-0.2, -0.15) is 5.10 Å². The van der Waals surface area contributed by atoms with Crippen molar-refractivity contribution in [3.8, 4) is 11.3 Å². The summed E-state index contributed by atoms with van der Waals surface area (Å²) >= 11 is 1.57. The number of carbonyl (C=O) groups is 1. The van der Waals surface area contributed by atoms with E-state index in [0.717, 1.165) is 21.1 Å². The molecule has 3 rings (SSSR count). The highest BCUT2D eigenvalue weighted by molar-refractivity contribution is 7.11. The first-order valence-electron chi connectivity index (χ1n) is 7.05. The molecule has 0 saturated carbocycles. The third-order valence-electron chi connectivity index (χ3n) is 3.37. The van der Waals surface area contributed by atoms with Crippen LogP contribution in [-0.2, 0) is 6.54 Å². The smallest absolute Gasteiger partial charge is 0.269 e. The molecular formula is C16H15FN4OS. The molecular weight excluding hydrogens is 315 g/mol. The van der Waals surface area contributed by atoms with Crippen molar-refractivity contribution < 1.29 is 9.18 Å². The number of aryl methyl sites for hydroxylation is 2. The van der Waals surface area contributed by atoms with E-state index in [9.17, 15) is 9.18 Å². The Kier molecular flexibility index (Phi) is 4.20. The number of aromatic amines is 1. The van der Waals surface area contributed by atoms with Gasteiger partial charge in [0.05, 0.1) is 22.9 Å². The van der Waals surface area contributed by atoms with Gasteiger partial charge in [0.15, 0.2) is 0 Å². The Hall–Kier alpha value is -2.54. The predicted molar refractivity (Wildman–Crippen MR) is 86.7 cm³/mol. The zero-order chi connectivity index (χ0) is 16.4. The number of carbonyl (C=O) groups excluding carboxylic acids is 1. The summed E-state index contributed by atoms with van der Waals surface area (Å²) in [6, 6.07) is 7.61. The largest absolute Gasteiger partial charge is 0.346 e.